The highest BCUT2D eigenvalue weighted by molar-refractivity contribution is 5.67. The largest absolute Gasteiger partial charge is 0.446 e. The number of nitrogens with two attached hydrogens (primary N) is 1. The minimum absolute atomic E-state index is 0.0436. The molecule has 5 nitrogen and oxygen atoms in total. The van der Waals surface area contributed by atoms with Crippen LogP contribution in [0, 0.1) is 0 Å². The van der Waals surface area contributed by atoms with Crippen molar-refractivity contribution in [2.45, 2.75) is 50.3 Å². The van der Waals surface area contributed by atoms with Gasteiger partial charge in [0.2, 0.25) is 0 Å². The topological polar surface area (TPSA) is 73.6 Å². The van der Waals surface area contributed by atoms with Gasteiger partial charge in [-0.3, -0.25) is 0 Å². The van der Waals surface area contributed by atoms with Crippen LogP contribution in [0.25, 0.3) is 0 Å². The molecule has 5 heteroatoms. The highest BCUT2D eigenvalue weighted by Gasteiger charge is 2.24. The van der Waals surface area contributed by atoms with Crippen molar-refractivity contribution < 1.29 is 14.3 Å². The second kappa shape index (κ2) is 5.50. The molecule has 0 aromatic heterocycles. The van der Waals surface area contributed by atoms with E-state index in [1.807, 2.05) is 0 Å². The van der Waals surface area contributed by atoms with Crippen molar-refractivity contribution in [3.8, 4) is 0 Å². The maximum Gasteiger partial charge on any atom is 0.407 e. The number of carbonyl (C=O) groups is 1. The van der Waals surface area contributed by atoms with E-state index in [0.29, 0.717) is 6.61 Å². The molecule has 0 aromatic rings. The quantitative estimate of drug-likeness (QED) is 0.732. The highest BCUT2D eigenvalue weighted by atomic mass is 16.6. The number of ether oxygens (including phenoxy) is 2. The first-order valence-electron chi connectivity index (χ1n) is 6.04. The number of hydrogen-bond acceptors (Lipinski definition) is 4. The third-order valence-corrected chi connectivity index (χ3v) is 3.24. The predicted octanol–water partition coefficient (Wildman–Crippen LogP) is 0.771. The van der Waals surface area contributed by atoms with Crippen molar-refractivity contribution in [2.75, 3.05) is 13.2 Å². The van der Waals surface area contributed by atoms with Crippen LogP contribution < -0.4 is 11.1 Å². The average molecular weight is 228 g/mol. The van der Waals surface area contributed by atoms with Gasteiger partial charge in [0.25, 0.3) is 0 Å². The average Bonchev–Trinajstić information content (AvgIpc) is 2.74. The fourth-order valence-electron chi connectivity index (χ4n) is 2.21. The van der Waals surface area contributed by atoms with E-state index < -0.39 is 0 Å². The molecule has 2 fully saturated rings. The maximum absolute atomic E-state index is 11.5. The Balaban J connectivity index is 1.66. The first-order chi connectivity index (χ1) is 7.74. The fraction of sp³-hybridized carbons (Fsp3) is 0.909. The summed E-state index contributed by atoms with van der Waals surface area (Å²) >= 11 is 0. The Morgan fingerprint density at radius 2 is 2.00 bits per heavy atom. The van der Waals surface area contributed by atoms with Crippen molar-refractivity contribution in [3.63, 3.8) is 0 Å². The standard InChI is InChI=1S/C11H20N2O3/c12-8-1-3-10(4-2-8)16-11(14)13-9-5-6-15-7-9/h8-10H,1-7,12H2,(H,13,14). The monoisotopic (exact) mass is 228 g/mol. The molecule has 0 radical (unpaired) electrons. The zero-order valence-electron chi connectivity index (χ0n) is 9.48. The summed E-state index contributed by atoms with van der Waals surface area (Å²) in [7, 11) is 0. The van der Waals surface area contributed by atoms with Gasteiger partial charge in [0.15, 0.2) is 0 Å². The molecule has 2 rings (SSSR count). The fourth-order valence-corrected chi connectivity index (χ4v) is 2.21. The van der Waals surface area contributed by atoms with E-state index >= 15 is 0 Å². The summed E-state index contributed by atoms with van der Waals surface area (Å²) in [4.78, 5) is 11.5. The number of hydrogen-bond donors (Lipinski definition) is 2. The Labute approximate surface area is 95.7 Å². The lowest BCUT2D eigenvalue weighted by Crippen LogP contribution is -2.39. The molecule has 1 atom stereocenters. The summed E-state index contributed by atoms with van der Waals surface area (Å²) in [5.74, 6) is 0. The van der Waals surface area contributed by atoms with Crippen LogP contribution in [0.1, 0.15) is 32.1 Å². The Hall–Kier alpha value is -0.810. The molecular weight excluding hydrogens is 208 g/mol. The molecule has 16 heavy (non-hydrogen) atoms. The molecule has 1 aliphatic heterocycles. The Bertz CT molecular complexity index is 233. The van der Waals surface area contributed by atoms with Crippen LogP contribution in [0.15, 0.2) is 0 Å². The molecule has 1 saturated heterocycles. The van der Waals surface area contributed by atoms with Gasteiger partial charge in [-0.1, -0.05) is 0 Å². The van der Waals surface area contributed by atoms with Crippen molar-refractivity contribution in [3.05, 3.63) is 0 Å². The minimum atomic E-state index is -0.309. The van der Waals surface area contributed by atoms with E-state index in [2.05, 4.69) is 5.32 Å². The van der Waals surface area contributed by atoms with Gasteiger partial charge in [0.05, 0.1) is 12.6 Å². The Kier molecular flexibility index (Phi) is 4.01. The smallest absolute Gasteiger partial charge is 0.407 e. The Morgan fingerprint density at radius 3 is 2.62 bits per heavy atom. The molecule has 0 bridgehead atoms. The lowest BCUT2D eigenvalue weighted by Gasteiger charge is -2.26. The molecule has 1 aliphatic carbocycles. The van der Waals surface area contributed by atoms with Crippen molar-refractivity contribution in [1.29, 1.82) is 0 Å². The SMILES string of the molecule is NC1CCC(OC(=O)NC2CCOC2)CC1. The lowest BCUT2D eigenvalue weighted by molar-refractivity contribution is 0.0688. The lowest BCUT2D eigenvalue weighted by atomic mass is 9.94. The molecule has 0 spiro atoms. The van der Waals surface area contributed by atoms with Gasteiger partial charge in [-0.25, -0.2) is 4.79 Å². The van der Waals surface area contributed by atoms with E-state index in [-0.39, 0.29) is 24.3 Å². The summed E-state index contributed by atoms with van der Waals surface area (Å²) in [5, 5.41) is 2.82. The first-order valence-corrected chi connectivity index (χ1v) is 6.04. The zero-order chi connectivity index (χ0) is 11.4. The minimum Gasteiger partial charge on any atom is -0.446 e. The molecular formula is C11H20N2O3. The zero-order valence-corrected chi connectivity index (χ0v) is 9.48. The summed E-state index contributed by atoms with van der Waals surface area (Å²) in [5.41, 5.74) is 5.79. The number of amides is 1. The van der Waals surface area contributed by atoms with E-state index in [4.69, 9.17) is 15.2 Å². The molecule has 1 amide bonds. The molecule has 1 heterocycles. The highest BCUT2D eigenvalue weighted by Crippen LogP contribution is 2.20. The van der Waals surface area contributed by atoms with E-state index in [9.17, 15) is 4.79 Å². The number of nitrogens with one attached hydrogen (secondary N) is 1. The van der Waals surface area contributed by atoms with Gasteiger partial charge in [0.1, 0.15) is 6.10 Å². The molecule has 1 unspecified atom stereocenters. The number of rotatable bonds is 2. The second-order valence-electron chi connectivity index (χ2n) is 4.65. The van der Waals surface area contributed by atoms with Gasteiger partial charge < -0.3 is 20.5 Å². The summed E-state index contributed by atoms with van der Waals surface area (Å²) in [6.07, 6.45) is 4.28. The van der Waals surface area contributed by atoms with Crippen molar-refractivity contribution >= 4 is 6.09 Å². The molecule has 0 aromatic carbocycles. The normalized spacial score (nSPS) is 34.7. The molecule has 92 valence electrons. The van der Waals surface area contributed by atoms with Crippen LogP contribution in [-0.4, -0.2) is 37.5 Å². The third-order valence-electron chi connectivity index (χ3n) is 3.24. The van der Waals surface area contributed by atoms with Crippen LogP contribution in [0.2, 0.25) is 0 Å². The first kappa shape index (κ1) is 11.7. The van der Waals surface area contributed by atoms with Gasteiger partial charge >= 0.3 is 6.09 Å². The van der Waals surface area contributed by atoms with Crippen LogP contribution in [0.4, 0.5) is 4.79 Å². The summed E-state index contributed by atoms with van der Waals surface area (Å²) in [6.45, 7) is 1.33. The van der Waals surface area contributed by atoms with Crippen LogP contribution in [0.3, 0.4) is 0 Å². The van der Waals surface area contributed by atoms with Crippen LogP contribution in [-0.2, 0) is 9.47 Å². The second-order valence-corrected chi connectivity index (χ2v) is 4.65. The van der Waals surface area contributed by atoms with Gasteiger partial charge in [0, 0.05) is 12.6 Å². The van der Waals surface area contributed by atoms with Crippen molar-refractivity contribution in [2.24, 2.45) is 5.73 Å². The van der Waals surface area contributed by atoms with Crippen LogP contribution >= 0.6 is 0 Å². The van der Waals surface area contributed by atoms with E-state index in [1.54, 1.807) is 0 Å². The van der Waals surface area contributed by atoms with Gasteiger partial charge in [-0.15, -0.1) is 0 Å². The maximum atomic E-state index is 11.5. The summed E-state index contributed by atoms with van der Waals surface area (Å²) in [6, 6.07) is 0.407. The molecule has 2 aliphatic rings. The third kappa shape index (κ3) is 3.35. The molecule has 3 N–H and O–H groups in total. The van der Waals surface area contributed by atoms with E-state index in [1.165, 1.54) is 0 Å². The number of alkyl carbamates (subject to hydrolysis) is 1. The predicted molar refractivity (Wildman–Crippen MR) is 59.1 cm³/mol. The Morgan fingerprint density at radius 1 is 1.25 bits per heavy atom. The van der Waals surface area contributed by atoms with Crippen LogP contribution in [0.5, 0.6) is 0 Å². The van der Waals surface area contributed by atoms with Gasteiger partial charge in [-0.05, 0) is 32.1 Å². The summed E-state index contributed by atoms with van der Waals surface area (Å²) < 4.78 is 10.5. The van der Waals surface area contributed by atoms with Crippen molar-refractivity contribution in [1.82, 2.24) is 5.32 Å². The van der Waals surface area contributed by atoms with E-state index in [0.717, 1.165) is 38.7 Å². The molecule has 1 saturated carbocycles. The number of carbonyl (C=O) groups excluding carboxylic acids is 1. The van der Waals surface area contributed by atoms with Gasteiger partial charge in [-0.2, -0.15) is 0 Å².